The first-order valence-corrected chi connectivity index (χ1v) is 9.87. The van der Waals surface area contributed by atoms with Crippen molar-refractivity contribution in [2.24, 2.45) is 12.0 Å². The van der Waals surface area contributed by atoms with Gasteiger partial charge in [-0.1, -0.05) is 6.07 Å². The molecule has 4 rings (SSSR count). The fourth-order valence-electron chi connectivity index (χ4n) is 4.04. The Morgan fingerprint density at radius 3 is 2.74 bits per heavy atom. The summed E-state index contributed by atoms with van der Waals surface area (Å²) in [5.41, 5.74) is 2.50. The number of likely N-dealkylation sites (tertiary alicyclic amines) is 1. The molecule has 2 fully saturated rings. The summed E-state index contributed by atoms with van der Waals surface area (Å²) in [5, 5.41) is 7.80. The van der Waals surface area contributed by atoms with Crippen LogP contribution >= 0.6 is 0 Å². The molecule has 0 amide bonds. The highest BCUT2D eigenvalue weighted by Gasteiger charge is 2.26. The molecule has 2 aliphatic rings. The van der Waals surface area contributed by atoms with Crippen LogP contribution in [0.15, 0.2) is 35.7 Å². The van der Waals surface area contributed by atoms with Crippen LogP contribution < -0.4 is 10.2 Å². The third kappa shape index (κ3) is 4.07. The van der Waals surface area contributed by atoms with Crippen LogP contribution in [0, 0.1) is 0 Å². The molecule has 1 N–H and O–H groups in total. The Bertz CT molecular complexity index is 774. The van der Waals surface area contributed by atoms with Gasteiger partial charge in [-0.05, 0) is 36.5 Å². The number of rotatable bonds is 4. The van der Waals surface area contributed by atoms with Gasteiger partial charge < -0.3 is 15.1 Å². The zero-order valence-electron chi connectivity index (χ0n) is 16.3. The van der Waals surface area contributed by atoms with Crippen molar-refractivity contribution in [3.8, 4) is 0 Å². The van der Waals surface area contributed by atoms with Crippen molar-refractivity contribution in [3.63, 3.8) is 0 Å². The molecule has 0 aliphatic carbocycles. The second-order valence-corrected chi connectivity index (χ2v) is 7.50. The zero-order valence-corrected chi connectivity index (χ0v) is 16.3. The second-order valence-electron chi connectivity index (χ2n) is 7.50. The summed E-state index contributed by atoms with van der Waals surface area (Å²) in [6.07, 6.45) is 9.78. The largest absolute Gasteiger partial charge is 0.357 e. The molecule has 0 saturated carbocycles. The summed E-state index contributed by atoms with van der Waals surface area (Å²) < 4.78 is 1.88. The molecule has 2 aromatic heterocycles. The molecular formula is C20H29N7. The zero-order chi connectivity index (χ0) is 18.6. The van der Waals surface area contributed by atoms with E-state index in [-0.39, 0.29) is 0 Å². The number of hydrogen-bond donors (Lipinski definition) is 1. The number of anilines is 1. The monoisotopic (exact) mass is 367 g/mol. The van der Waals surface area contributed by atoms with Crippen molar-refractivity contribution >= 4 is 11.8 Å². The average Bonchev–Trinajstić information content (AvgIpc) is 3.44. The molecule has 7 heteroatoms. The fourth-order valence-corrected chi connectivity index (χ4v) is 4.04. The summed E-state index contributed by atoms with van der Waals surface area (Å²) >= 11 is 0. The number of pyridine rings is 1. The van der Waals surface area contributed by atoms with Gasteiger partial charge in [-0.25, -0.2) is 4.98 Å². The molecule has 4 heterocycles. The second kappa shape index (κ2) is 7.98. The topological polar surface area (TPSA) is 61.6 Å². The SMILES string of the molecule is CN=C(NCc1ccc(N2CCCC2)nc1)N1CCC(c2cnn(C)c2)C1. The quantitative estimate of drug-likeness (QED) is 0.661. The molecule has 0 bridgehead atoms. The summed E-state index contributed by atoms with van der Waals surface area (Å²) in [5.74, 6) is 2.59. The third-order valence-electron chi connectivity index (χ3n) is 5.59. The van der Waals surface area contributed by atoms with E-state index in [9.17, 15) is 0 Å². The van der Waals surface area contributed by atoms with Crippen LogP contribution in [0.2, 0.25) is 0 Å². The Hall–Kier alpha value is -2.57. The maximum atomic E-state index is 4.64. The minimum Gasteiger partial charge on any atom is -0.357 e. The third-order valence-corrected chi connectivity index (χ3v) is 5.59. The minimum absolute atomic E-state index is 0.527. The van der Waals surface area contributed by atoms with Crippen molar-refractivity contribution in [3.05, 3.63) is 41.9 Å². The van der Waals surface area contributed by atoms with Gasteiger partial charge in [0.05, 0.1) is 6.20 Å². The molecule has 7 nitrogen and oxygen atoms in total. The molecule has 1 atom stereocenters. The fraction of sp³-hybridized carbons (Fsp3) is 0.550. The van der Waals surface area contributed by atoms with E-state index in [1.165, 1.54) is 24.0 Å². The first kappa shape index (κ1) is 17.8. The maximum absolute atomic E-state index is 4.64. The number of guanidine groups is 1. The van der Waals surface area contributed by atoms with Gasteiger partial charge in [0.25, 0.3) is 0 Å². The number of nitrogens with one attached hydrogen (secondary N) is 1. The Morgan fingerprint density at radius 1 is 1.22 bits per heavy atom. The number of hydrogen-bond acceptors (Lipinski definition) is 4. The standard InChI is InChI=1S/C20H29N7/c1-21-20(27-10-7-17(15-27)18-13-24-25(2)14-18)23-12-16-5-6-19(22-11-16)26-8-3-4-9-26/h5-6,11,13-14,17H,3-4,7-10,12,15H2,1-2H3,(H,21,23). The van der Waals surface area contributed by atoms with E-state index in [1.807, 2.05) is 31.2 Å². The van der Waals surface area contributed by atoms with Gasteiger partial charge in [-0.3, -0.25) is 9.67 Å². The van der Waals surface area contributed by atoms with E-state index in [0.29, 0.717) is 5.92 Å². The molecule has 144 valence electrons. The molecule has 0 spiro atoms. The van der Waals surface area contributed by atoms with Crippen LogP contribution in [-0.4, -0.2) is 58.9 Å². The minimum atomic E-state index is 0.527. The molecule has 0 aromatic carbocycles. The predicted molar refractivity (Wildman–Crippen MR) is 108 cm³/mol. The van der Waals surface area contributed by atoms with Crippen LogP contribution in [-0.2, 0) is 13.6 Å². The highest BCUT2D eigenvalue weighted by Crippen LogP contribution is 2.26. The van der Waals surface area contributed by atoms with Crippen molar-refractivity contribution in [2.75, 3.05) is 38.1 Å². The molecule has 27 heavy (non-hydrogen) atoms. The molecule has 1 unspecified atom stereocenters. The van der Waals surface area contributed by atoms with Gasteiger partial charge in [0.2, 0.25) is 0 Å². The van der Waals surface area contributed by atoms with E-state index in [2.05, 4.69) is 48.5 Å². The van der Waals surface area contributed by atoms with Crippen molar-refractivity contribution in [2.45, 2.75) is 31.7 Å². The summed E-state index contributed by atoms with van der Waals surface area (Å²) in [6, 6.07) is 4.31. The van der Waals surface area contributed by atoms with Gasteiger partial charge in [0.15, 0.2) is 5.96 Å². The van der Waals surface area contributed by atoms with Crippen LogP contribution in [0.1, 0.15) is 36.3 Å². The highest BCUT2D eigenvalue weighted by molar-refractivity contribution is 5.80. The van der Waals surface area contributed by atoms with Gasteiger partial charge in [-0.15, -0.1) is 0 Å². The van der Waals surface area contributed by atoms with E-state index in [0.717, 1.165) is 50.9 Å². The number of aliphatic imine (C=N–C) groups is 1. The summed E-state index contributed by atoms with van der Waals surface area (Å²) in [4.78, 5) is 13.8. The van der Waals surface area contributed by atoms with E-state index < -0.39 is 0 Å². The van der Waals surface area contributed by atoms with Gasteiger partial charge in [0.1, 0.15) is 5.82 Å². The normalized spacial score (nSPS) is 20.5. The molecule has 2 aliphatic heterocycles. The first-order valence-electron chi connectivity index (χ1n) is 9.87. The lowest BCUT2D eigenvalue weighted by molar-refractivity contribution is 0.485. The lowest BCUT2D eigenvalue weighted by Crippen LogP contribution is -2.39. The number of aromatic nitrogens is 3. The van der Waals surface area contributed by atoms with Crippen LogP contribution in [0.4, 0.5) is 5.82 Å². The molecule has 2 saturated heterocycles. The van der Waals surface area contributed by atoms with Crippen LogP contribution in [0.25, 0.3) is 0 Å². The lowest BCUT2D eigenvalue weighted by Gasteiger charge is -2.22. The van der Waals surface area contributed by atoms with Gasteiger partial charge >= 0.3 is 0 Å². The van der Waals surface area contributed by atoms with Gasteiger partial charge in [0, 0.05) is 65.1 Å². The number of nitrogens with zero attached hydrogens (tertiary/aromatic N) is 6. The smallest absolute Gasteiger partial charge is 0.193 e. The Balaban J connectivity index is 1.31. The van der Waals surface area contributed by atoms with E-state index >= 15 is 0 Å². The summed E-state index contributed by atoms with van der Waals surface area (Å²) in [6.45, 7) is 5.01. The molecular weight excluding hydrogens is 338 g/mol. The van der Waals surface area contributed by atoms with Crippen LogP contribution in [0.3, 0.4) is 0 Å². The summed E-state index contributed by atoms with van der Waals surface area (Å²) in [7, 11) is 3.83. The van der Waals surface area contributed by atoms with E-state index in [1.54, 1.807) is 0 Å². The highest BCUT2D eigenvalue weighted by atomic mass is 15.3. The molecule has 2 aromatic rings. The van der Waals surface area contributed by atoms with Crippen molar-refractivity contribution < 1.29 is 0 Å². The maximum Gasteiger partial charge on any atom is 0.193 e. The Kier molecular flexibility index (Phi) is 5.27. The van der Waals surface area contributed by atoms with Crippen LogP contribution in [0.5, 0.6) is 0 Å². The van der Waals surface area contributed by atoms with Gasteiger partial charge in [-0.2, -0.15) is 5.10 Å². The Labute approximate surface area is 161 Å². The van der Waals surface area contributed by atoms with E-state index in [4.69, 9.17) is 0 Å². The van der Waals surface area contributed by atoms with Crippen molar-refractivity contribution in [1.82, 2.24) is 25.0 Å². The molecule has 0 radical (unpaired) electrons. The van der Waals surface area contributed by atoms with Crippen molar-refractivity contribution in [1.29, 1.82) is 0 Å². The lowest BCUT2D eigenvalue weighted by atomic mass is 10.0. The average molecular weight is 368 g/mol. The Morgan fingerprint density at radius 2 is 2.07 bits per heavy atom. The predicted octanol–water partition coefficient (Wildman–Crippen LogP) is 1.98. The number of aryl methyl sites for hydroxylation is 1. The first-order chi connectivity index (χ1) is 13.2.